The molecule has 2 rings (SSSR count). The van der Waals surface area contributed by atoms with Crippen LogP contribution in [0.25, 0.3) is 0 Å². The maximum Gasteiger partial charge on any atom is 0.416 e. The molecule has 1 fully saturated rings. The van der Waals surface area contributed by atoms with Crippen molar-refractivity contribution >= 4 is 0 Å². The number of rotatable bonds is 4. The minimum absolute atomic E-state index is 0.0973. The van der Waals surface area contributed by atoms with E-state index in [2.05, 4.69) is 12.2 Å². The van der Waals surface area contributed by atoms with Crippen LogP contribution in [0.5, 0.6) is 0 Å². The molecule has 0 aromatic heterocycles. The zero-order chi connectivity index (χ0) is 13.3. The largest absolute Gasteiger partial charge is 0.416 e. The molecule has 18 heavy (non-hydrogen) atoms. The number of hydrogen-bond acceptors (Lipinski definition) is 1. The topological polar surface area (TPSA) is 12.0 Å². The van der Waals surface area contributed by atoms with Gasteiger partial charge in [-0.3, -0.25) is 0 Å². The molecular formula is C14H18F3N. The Morgan fingerprint density at radius 2 is 1.83 bits per heavy atom. The summed E-state index contributed by atoms with van der Waals surface area (Å²) in [6, 6.07) is 5.49. The quantitative estimate of drug-likeness (QED) is 0.859. The number of hydrogen-bond donors (Lipinski definition) is 1. The van der Waals surface area contributed by atoms with Crippen LogP contribution in [0.1, 0.15) is 37.4 Å². The van der Waals surface area contributed by atoms with Crippen molar-refractivity contribution in [1.29, 1.82) is 0 Å². The molecule has 0 spiro atoms. The summed E-state index contributed by atoms with van der Waals surface area (Å²) in [6.07, 6.45) is -2.99. The maximum atomic E-state index is 12.4. The van der Waals surface area contributed by atoms with Crippen molar-refractivity contribution in [3.8, 4) is 0 Å². The van der Waals surface area contributed by atoms with Crippen molar-refractivity contribution < 1.29 is 13.2 Å². The van der Waals surface area contributed by atoms with E-state index in [1.54, 1.807) is 12.1 Å². The molecule has 1 aromatic rings. The first-order chi connectivity index (χ1) is 8.38. The Morgan fingerprint density at radius 3 is 2.28 bits per heavy atom. The Bertz CT molecular complexity index is 396. The first-order valence-electron chi connectivity index (χ1n) is 6.28. The average Bonchev–Trinajstić information content (AvgIpc) is 3.01. The zero-order valence-electron chi connectivity index (χ0n) is 10.6. The first kappa shape index (κ1) is 13.4. The molecule has 1 N–H and O–H groups in total. The highest BCUT2D eigenvalue weighted by molar-refractivity contribution is 5.26. The van der Waals surface area contributed by atoms with Crippen LogP contribution >= 0.6 is 0 Å². The molecule has 0 aliphatic heterocycles. The minimum atomic E-state index is -4.25. The molecule has 0 amide bonds. The lowest BCUT2D eigenvalue weighted by Gasteiger charge is -2.15. The van der Waals surface area contributed by atoms with Gasteiger partial charge in [-0.1, -0.05) is 19.1 Å². The van der Waals surface area contributed by atoms with Gasteiger partial charge in [0.15, 0.2) is 0 Å². The molecule has 1 aromatic carbocycles. The molecule has 1 aliphatic rings. The van der Waals surface area contributed by atoms with Crippen LogP contribution in [-0.4, -0.2) is 6.54 Å². The van der Waals surface area contributed by atoms with Gasteiger partial charge in [0.1, 0.15) is 0 Å². The average molecular weight is 257 g/mol. The third-order valence-electron chi connectivity index (χ3n) is 3.70. The van der Waals surface area contributed by atoms with E-state index >= 15 is 0 Å². The SMILES string of the molecule is CC(NCC1CC1C)c1ccc(C(F)(F)F)cc1. The highest BCUT2D eigenvalue weighted by Crippen LogP contribution is 2.37. The number of nitrogens with one attached hydrogen (secondary N) is 1. The van der Waals surface area contributed by atoms with Gasteiger partial charge < -0.3 is 5.32 Å². The molecule has 0 heterocycles. The summed E-state index contributed by atoms with van der Waals surface area (Å²) in [5, 5.41) is 3.37. The van der Waals surface area contributed by atoms with Crippen LogP contribution in [0.2, 0.25) is 0 Å². The maximum absolute atomic E-state index is 12.4. The molecule has 4 heteroatoms. The third kappa shape index (κ3) is 3.25. The molecule has 0 saturated heterocycles. The zero-order valence-corrected chi connectivity index (χ0v) is 10.6. The Hall–Kier alpha value is -1.03. The molecule has 3 unspecified atom stereocenters. The van der Waals surface area contributed by atoms with Gasteiger partial charge in [-0.15, -0.1) is 0 Å². The lowest BCUT2D eigenvalue weighted by Crippen LogP contribution is -2.21. The normalized spacial score (nSPS) is 24.9. The Morgan fingerprint density at radius 1 is 1.28 bits per heavy atom. The lowest BCUT2D eigenvalue weighted by atomic mass is 10.1. The number of alkyl halides is 3. The van der Waals surface area contributed by atoms with Gasteiger partial charge in [-0.2, -0.15) is 13.2 Å². The van der Waals surface area contributed by atoms with E-state index < -0.39 is 11.7 Å². The fourth-order valence-electron chi connectivity index (χ4n) is 2.09. The van der Waals surface area contributed by atoms with Crippen molar-refractivity contribution in [2.45, 2.75) is 32.5 Å². The molecular weight excluding hydrogens is 239 g/mol. The molecule has 3 atom stereocenters. The van der Waals surface area contributed by atoms with Crippen LogP contribution in [0.3, 0.4) is 0 Å². The molecule has 1 aliphatic carbocycles. The third-order valence-corrected chi connectivity index (χ3v) is 3.70. The smallest absolute Gasteiger partial charge is 0.310 e. The molecule has 1 saturated carbocycles. The van der Waals surface area contributed by atoms with Gasteiger partial charge in [-0.05, 0) is 49.4 Å². The summed E-state index contributed by atoms with van der Waals surface area (Å²) in [7, 11) is 0. The number of halogens is 3. The highest BCUT2D eigenvalue weighted by atomic mass is 19.4. The van der Waals surface area contributed by atoms with E-state index in [0.29, 0.717) is 0 Å². The predicted molar refractivity (Wildman–Crippen MR) is 65.1 cm³/mol. The Kier molecular flexibility index (Phi) is 3.66. The van der Waals surface area contributed by atoms with E-state index in [0.717, 1.165) is 36.1 Å². The van der Waals surface area contributed by atoms with Crippen molar-refractivity contribution in [3.05, 3.63) is 35.4 Å². The van der Waals surface area contributed by atoms with Gasteiger partial charge in [0.25, 0.3) is 0 Å². The summed E-state index contributed by atoms with van der Waals surface area (Å²) in [5.41, 5.74) is 0.311. The lowest BCUT2D eigenvalue weighted by molar-refractivity contribution is -0.137. The molecule has 1 nitrogen and oxygen atoms in total. The summed E-state index contributed by atoms with van der Waals surface area (Å²) in [6.45, 7) is 5.15. The van der Waals surface area contributed by atoms with E-state index in [1.807, 2.05) is 6.92 Å². The Balaban J connectivity index is 1.92. The minimum Gasteiger partial charge on any atom is -0.310 e. The van der Waals surface area contributed by atoms with Gasteiger partial charge in [0, 0.05) is 6.04 Å². The van der Waals surface area contributed by atoms with Gasteiger partial charge in [0.2, 0.25) is 0 Å². The standard InChI is InChI=1S/C14H18F3N/c1-9-7-12(9)8-18-10(2)11-3-5-13(6-4-11)14(15,16)17/h3-6,9-10,12,18H,7-8H2,1-2H3. The van der Waals surface area contributed by atoms with Crippen molar-refractivity contribution in [1.82, 2.24) is 5.32 Å². The fraction of sp³-hybridized carbons (Fsp3) is 0.571. The fourth-order valence-corrected chi connectivity index (χ4v) is 2.09. The van der Waals surface area contributed by atoms with Crippen molar-refractivity contribution in [3.63, 3.8) is 0 Å². The monoisotopic (exact) mass is 257 g/mol. The number of benzene rings is 1. The Labute approximate surface area is 105 Å². The summed E-state index contributed by atoms with van der Waals surface area (Å²) < 4.78 is 37.2. The summed E-state index contributed by atoms with van der Waals surface area (Å²) in [4.78, 5) is 0. The van der Waals surface area contributed by atoms with E-state index in [9.17, 15) is 13.2 Å². The molecule has 0 radical (unpaired) electrons. The van der Waals surface area contributed by atoms with E-state index in [1.165, 1.54) is 6.42 Å². The van der Waals surface area contributed by atoms with Crippen LogP contribution in [-0.2, 0) is 6.18 Å². The van der Waals surface area contributed by atoms with Crippen molar-refractivity contribution in [2.24, 2.45) is 11.8 Å². The first-order valence-corrected chi connectivity index (χ1v) is 6.28. The second kappa shape index (κ2) is 4.92. The predicted octanol–water partition coefficient (Wildman–Crippen LogP) is 4.01. The van der Waals surface area contributed by atoms with E-state index in [-0.39, 0.29) is 6.04 Å². The van der Waals surface area contributed by atoms with Gasteiger partial charge in [0.05, 0.1) is 5.56 Å². The molecule has 100 valence electrons. The highest BCUT2D eigenvalue weighted by Gasteiger charge is 2.32. The summed E-state index contributed by atoms with van der Waals surface area (Å²) >= 11 is 0. The van der Waals surface area contributed by atoms with Crippen LogP contribution in [0, 0.1) is 11.8 Å². The van der Waals surface area contributed by atoms with E-state index in [4.69, 9.17) is 0 Å². The van der Waals surface area contributed by atoms with Crippen molar-refractivity contribution in [2.75, 3.05) is 6.54 Å². The van der Waals surface area contributed by atoms with Crippen LogP contribution in [0.15, 0.2) is 24.3 Å². The second-order valence-electron chi connectivity index (χ2n) is 5.22. The van der Waals surface area contributed by atoms with Crippen LogP contribution < -0.4 is 5.32 Å². The van der Waals surface area contributed by atoms with Crippen LogP contribution in [0.4, 0.5) is 13.2 Å². The van der Waals surface area contributed by atoms with Gasteiger partial charge in [-0.25, -0.2) is 0 Å². The second-order valence-corrected chi connectivity index (χ2v) is 5.22. The molecule has 0 bridgehead atoms. The summed E-state index contributed by atoms with van der Waals surface area (Å²) in [5.74, 6) is 1.53. The van der Waals surface area contributed by atoms with Gasteiger partial charge >= 0.3 is 6.18 Å².